The molecule has 0 aromatic heterocycles. The lowest BCUT2D eigenvalue weighted by Gasteiger charge is -2.46. The first-order valence-electron chi connectivity index (χ1n) is 11.0. The van der Waals surface area contributed by atoms with Crippen LogP contribution in [0.15, 0.2) is 48.5 Å². The van der Waals surface area contributed by atoms with Crippen molar-refractivity contribution in [1.29, 1.82) is 0 Å². The van der Waals surface area contributed by atoms with E-state index in [1.165, 1.54) is 11.1 Å². The third-order valence-corrected chi connectivity index (χ3v) is 8.40. The van der Waals surface area contributed by atoms with Gasteiger partial charge in [-0.1, -0.05) is 55.5 Å². The van der Waals surface area contributed by atoms with Gasteiger partial charge in [0.2, 0.25) is 0 Å². The van der Waals surface area contributed by atoms with Crippen molar-refractivity contribution in [2.24, 2.45) is 0 Å². The number of amides is 1. The molecule has 2 atom stereocenters. The highest BCUT2D eigenvalue weighted by atomic mass is 32.2. The summed E-state index contributed by atoms with van der Waals surface area (Å²) in [6.45, 7) is 2.15. The Kier molecular flexibility index (Phi) is 5.21. The van der Waals surface area contributed by atoms with Crippen LogP contribution in [-0.2, 0) is 9.53 Å². The second kappa shape index (κ2) is 7.90. The van der Waals surface area contributed by atoms with Crippen LogP contribution in [0.4, 0.5) is 4.79 Å². The smallest absolute Gasteiger partial charge is 0.411 e. The lowest BCUT2D eigenvalue weighted by molar-refractivity contribution is -0.151. The average Bonchev–Trinajstić information content (AvgIpc) is 3.55. The van der Waals surface area contributed by atoms with E-state index in [2.05, 4.69) is 24.3 Å². The van der Waals surface area contributed by atoms with E-state index in [0.29, 0.717) is 6.42 Å². The van der Waals surface area contributed by atoms with Gasteiger partial charge in [0.25, 0.3) is 0 Å². The minimum Gasteiger partial charge on any atom is -0.479 e. The van der Waals surface area contributed by atoms with Gasteiger partial charge in [0, 0.05) is 17.2 Å². The number of thioether (sulfide) groups is 1. The second-order valence-corrected chi connectivity index (χ2v) is 10.2. The van der Waals surface area contributed by atoms with Gasteiger partial charge >= 0.3 is 12.1 Å². The van der Waals surface area contributed by atoms with Gasteiger partial charge in [-0.3, -0.25) is 4.90 Å². The minimum absolute atomic E-state index is 0.0312. The number of hydrogen-bond acceptors (Lipinski definition) is 4. The van der Waals surface area contributed by atoms with E-state index in [1.54, 1.807) is 16.7 Å². The monoisotopic (exact) mass is 437 g/mol. The Morgan fingerprint density at radius 3 is 2.26 bits per heavy atom. The third kappa shape index (κ3) is 3.32. The van der Waals surface area contributed by atoms with Crippen LogP contribution in [-0.4, -0.2) is 51.3 Å². The topological polar surface area (TPSA) is 66.8 Å². The molecule has 2 aromatic rings. The summed E-state index contributed by atoms with van der Waals surface area (Å²) >= 11 is 1.64. The summed E-state index contributed by atoms with van der Waals surface area (Å²) in [5.41, 5.74) is 3.48. The van der Waals surface area contributed by atoms with Gasteiger partial charge in [-0.25, -0.2) is 9.59 Å². The Balaban J connectivity index is 1.41. The highest BCUT2D eigenvalue weighted by molar-refractivity contribution is 8.00. The van der Waals surface area contributed by atoms with Gasteiger partial charge in [-0.05, 0) is 53.7 Å². The maximum atomic E-state index is 13.4. The molecule has 0 spiro atoms. The van der Waals surface area contributed by atoms with E-state index in [1.807, 2.05) is 31.2 Å². The number of aliphatic carboxylic acids is 1. The molecule has 162 valence electrons. The Bertz CT molecular complexity index is 975. The maximum Gasteiger partial charge on any atom is 0.411 e. The minimum atomic E-state index is -1.19. The number of benzene rings is 2. The van der Waals surface area contributed by atoms with Crippen LogP contribution < -0.4 is 0 Å². The van der Waals surface area contributed by atoms with E-state index in [0.717, 1.165) is 36.1 Å². The molecule has 1 saturated carbocycles. The molecular formula is C25H27NO4S. The normalized spacial score (nSPS) is 24.9. The fraction of sp³-hybridized carbons (Fsp3) is 0.440. The molecule has 1 aliphatic heterocycles. The number of carboxylic acids is 1. The molecule has 2 fully saturated rings. The summed E-state index contributed by atoms with van der Waals surface area (Å²) in [4.78, 5) is 27.5. The van der Waals surface area contributed by atoms with Crippen LogP contribution in [0.3, 0.4) is 0 Å². The van der Waals surface area contributed by atoms with Crippen molar-refractivity contribution < 1.29 is 19.4 Å². The average molecular weight is 438 g/mol. The predicted molar refractivity (Wildman–Crippen MR) is 121 cm³/mol. The fourth-order valence-corrected chi connectivity index (χ4v) is 6.55. The summed E-state index contributed by atoms with van der Waals surface area (Å²) in [5.74, 6) is -0.0108. The highest BCUT2D eigenvalue weighted by Gasteiger charge is 2.57. The van der Waals surface area contributed by atoms with Crippen LogP contribution in [0, 0.1) is 0 Å². The summed E-state index contributed by atoms with van der Waals surface area (Å²) in [6, 6.07) is 16.4. The summed E-state index contributed by atoms with van der Waals surface area (Å²) in [7, 11) is 0. The van der Waals surface area contributed by atoms with E-state index in [4.69, 9.17) is 4.74 Å². The van der Waals surface area contributed by atoms with E-state index < -0.39 is 17.6 Å². The Morgan fingerprint density at radius 1 is 1.10 bits per heavy atom. The maximum absolute atomic E-state index is 13.4. The molecule has 0 bridgehead atoms. The molecule has 0 radical (unpaired) electrons. The van der Waals surface area contributed by atoms with E-state index in [-0.39, 0.29) is 23.8 Å². The zero-order valence-electron chi connectivity index (χ0n) is 17.6. The predicted octanol–water partition coefficient (Wildman–Crippen LogP) is 5.14. The fourth-order valence-electron chi connectivity index (χ4n) is 5.28. The molecule has 2 unspecified atom stereocenters. The van der Waals surface area contributed by atoms with Crippen LogP contribution in [0.2, 0.25) is 0 Å². The standard InChI is InChI=1S/C25H27NO4S/c1-16-25(23(27)28,13-6-14-31-16)26(17-11-12-17)24(29)30-15-22-20-9-4-2-7-18(20)19-8-3-5-10-21(19)22/h2-5,7-10,16-17,22H,6,11-15H2,1H3,(H,27,28). The van der Waals surface area contributed by atoms with Crippen LogP contribution >= 0.6 is 11.8 Å². The first-order valence-corrected chi connectivity index (χ1v) is 12.1. The molecule has 2 aliphatic carbocycles. The lowest BCUT2D eigenvalue weighted by Crippen LogP contribution is -2.64. The molecule has 5 rings (SSSR count). The van der Waals surface area contributed by atoms with Crippen LogP contribution in [0.1, 0.15) is 49.7 Å². The lowest BCUT2D eigenvalue weighted by atomic mass is 9.87. The SMILES string of the molecule is CC1SCCCC1(C(=O)O)N(C(=O)OCC1c2ccccc2-c2ccccc21)C1CC1. The molecular weight excluding hydrogens is 410 g/mol. The Hall–Kier alpha value is -2.47. The number of carboxylic acid groups (broad SMARTS) is 1. The van der Waals surface area contributed by atoms with Gasteiger partial charge in [-0.15, -0.1) is 0 Å². The highest BCUT2D eigenvalue weighted by Crippen LogP contribution is 2.46. The quantitative estimate of drug-likeness (QED) is 0.702. The number of rotatable bonds is 5. The first kappa shape index (κ1) is 20.4. The molecule has 1 saturated heterocycles. The second-order valence-electron chi connectivity index (χ2n) is 8.75. The summed E-state index contributed by atoms with van der Waals surface area (Å²) < 4.78 is 5.89. The van der Waals surface area contributed by atoms with Crippen molar-refractivity contribution in [2.45, 2.75) is 55.4 Å². The number of ether oxygens (including phenoxy) is 1. The van der Waals surface area contributed by atoms with Gasteiger partial charge in [-0.2, -0.15) is 11.8 Å². The molecule has 1 N–H and O–H groups in total. The third-order valence-electron chi connectivity index (χ3n) is 6.99. The number of nitrogens with zero attached hydrogens (tertiary/aromatic N) is 1. The van der Waals surface area contributed by atoms with Gasteiger partial charge in [0.05, 0.1) is 0 Å². The van der Waals surface area contributed by atoms with Gasteiger partial charge in [0.1, 0.15) is 6.61 Å². The molecule has 31 heavy (non-hydrogen) atoms. The summed E-state index contributed by atoms with van der Waals surface area (Å²) in [6.07, 6.45) is 2.48. The Labute approximate surface area is 186 Å². The van der Waals surface area contributed by atoms with Gasteiger partial charge < -0.3 is 9.84 Å². The zero-order chi connectivity index (χ0) is 21.6. The zero-order valence-corrected chi connectivity index (χ0v) is 18.4. The van der Waals surface area contributed by atoms with Gasteiger partial charge in [0.15, 0.2) is 5.54 Å². The molecule has 5 nitrogen and oxygen atoms in total. The Morgan fingerprint density at radius 2 is 1.71 bits per heavy atom. The van der Waals surface area contributed by atoms with E-state index >= 15 is 0 Å². The summed E-state index contributed by atoms with van der Waals surface area (Å²) in [5, 5.41) is 10.1. The number of carbonyl (C=O) groups excluding carboxylic acids is 1. The molecule has 1 amide bonds. The first-order chi connectivity index (χ1) is 15.0. The molecule has 6 heteroatoms. The molecule has 3 aliphatic rings. The van der Waals surface area contributed by atoms with Crippen molar-refractivity contribution in [3.05, 3.63) is 59.7 Å². The largest absolute Gasteiger partial charge is 0.479 e. The number of carbonyl (C=O) groups is 2. The van der Waals surface area contributed by atoms with Crippen molar-refractivity contribution in [1.82, 2.24) is 4.90 Å². The van der Waals surface area contributed by atoms with Crippen molar-refractivity contribution in [2.75, 3.05) is 12.4 Å². The van der Waals surface area contributed by atoms with E-state index in [9.17, 15) is 14.7 Å². The van der Waals surface area contributed by atoms with Crippen LogP contribution in [0.25, 0.3) is 11.1 Å². The number of hydrogen-bond donors (Lipinski definition) is 1. The van der Waals surface area contributed by atoms with Crippen molar-refractivity contribution >= 4 is 23.8 Å². The van der Waals surface area contributed by atoms with Crippen LogP contribution in [0.5, 0.6) is 0 Å². The molecule has 2 aromatic carbocycles. The number of fused-ring (bicyclic) bond motifs is 3. The van der Waals surface area contributed by atoms with Crippen molar-refractivity contribution in [3.8, 4) is 11.1 Å². The van der Waals surface area contributed by atoms with Crippen molar-refractivity contribution in [3.63, 3.8) is 0 Å². The molecule has 1 heterocycles.